The number of rotatable bonds is 3. The summed E-state index contributed by atoms with van der Waals surface area (Å²) in [6.07, 6.45) is 2.92. The molecule has 2 aliphatic rings. The Balaban J connectivity index is 1.95. The topological polar surface area (TPSA) is 49.4 Å². The highest BCUT2D eigenvalue weighted by molar-refractivity contribution is 7.91. The minimum atomic E-state index is -2.73. The lowest BCUT2D eigenvalue weighted by atomic mass is 9.84. The smallest absolute Gasteiger partial charge is 0.150 e. The summed E-state index contributed by atoms with van der Waals surface area (Å²) in [4.78, 5) is 2.37. The molecule has 4 nitrogen and oxygen atoms in total. The molecule has 0 spiro atoms. The van der Waals surface area contributed by atoms with Crippen molar-refractivity contribution < 1.29 is 8.42 Å². The lowest BCUT2D eigenvalue weighted by molar-refractivity contribution is 0.251. The Kier molecular flexibility index (Phi) is 4.10. The van der Waals surface area contributed by atoms with Gasteiger partial charge in [0, 0.05) is 12.6 Å². The van der Waals surface area contributed by atoms with E-state index >= 15 is 0 Å². The number of hydrogen-bond acceptors (Lipinski definition) is 4. The van der Waals surface area contributed by atoms with Crippen LogP contribution in [0.25, 0.3) is 0 Å². The fourth-order valence-electron chi connectivity index (χ4n) is 3.39. The van der Waals surface area contributed by atoms with Gasteiger partial charge in [0.1, 0.15) is 9.84 Å². The van der Waals surface area contributed by atoms with Crippen LogP contribution >= 0.6 is 0 Å². The maximum Gasteiger partial charge on any atom is 0.150 e. The van der Waals surface area contributed by atoms with Gasteiger partial charge >= 0.3 is 0 Å². The van der Waals surface area contributed by atoms with Gasteiger partial charge in [0.25, 0.3) is 0 Å². The van der Waals surface area contributed by atoms with Crippen molar-refractivity contribution in [1.82, 2.24) is 10.2 Å². The molecule has 5 heteroatoms. The molecule has 17 heavy (non-hydrogen) atoms. The quantitative estimate of drug-likeness (QED) is 0.795. The van der Waals surface area contributed by atoms with Crippen LogP contribution in [0.1, 0.15) is 19.3 Å². The van der Waals surface area contributed by atoms with Gasteiger partial charge in [-0.05, 0) is 51.7 Å². The van der Waals surface area contributed by atoms with Gasteiger partial charge in [-0.25, -0.2) is 8.42 Å². The number of sulfone groups is 1. The van der Waals surface area contributed by atoms with Crippen molar-refractivity contribution in [2.24, 2.45) is 11.8 Å². The molecule has 2 aliphatic heterocycles. The molecule has 100 valence electrons. The summed E-state index contributed by atoms with van der Waals surface area (Å²) in [6.45, 7) is 2.32. The van der Waals surface area contributed by atoms with E-state index < -0.39 is 9.84 Å². The van der Waals surface area contributed by atoms with Crippen molar-refractivity contribution >= 4 is 9.84 Å². The number of nitrogens with zero attached hydrogens (tertiary/aromatic N) is 1. The highest BCUT2D eigenvalue weighted by Crippen LogP contribution is 2.30. The molecular formula is C12H24N2O2S. The second kappa shape index (κ2) is 5.24. The summed E-state index contributed by atoms with van der Waals surface area (Å²) in [5.41, 5.74) is 0. The summed E-state index contributed by atoms with van der Waals surface area (Å²) < 4.78 is 22.9. The number of hydrogen-bond donors (Lipinski definition) is 1. The third kappa shape index (κ3) is 3.20. The van der Waals surface area contributed by atoms with Crippen LogP contribution in [0.5, 0.6) is 0 Å². The van der Waals surface area contributed by atoms with Gasteiger partial charge in [-0.1, -0.05) is 0 Å². The summed E-state index contributed by atoms with van der Waals surface area (Å²) in [5.74, 6) is 2.01. The summed E-state index contributed by atoms with van der Waals surface area (Å²) >= 11 is 0. The van der Waals surface area contributed by atoms with E-state index in [1.54, 1.807) is 0 Å². The Morgan fingerprint density at radius 3 is 2.29 bits per heavy atom. The molecule has 2 heterocycles. The van der Waals surface area contributed by atoms with Crippen molar-refractivity contribution in [3.63, 3.8) is 0 Å². The van der Waals surface area contributed by atoms with Crippen LogP contribution in [0.15, 0.2) is 0 Å². The van der Waals surface area contributed by atoms with E-state index in [4.69, 9.17) is 0 Å². The fourth-order valence-corrected chi connectivity index (χ4v) is 4.91. The zero-order valence-electron chi connectivity index (χ0n) is 10.9. The van der Waals surface area contributed by atoms with E-state index in [0.717, 1.165) is 19.4 Å². The van der Waals surface area contributed by atoms with E-state index in [9.17, 15) is 8.42 Å². The molecule has 0 aromatic carbocycles. The van der Waals surface area contributed by atoms with Crippen molar-refractivity contribution in [2.75, 3.05) is 38.7 Å². The molecule has 0 saturated carbocycles. The van der Waals surface area contributed by atoms with Crippen LogP contribution in [0.4, 0.5) is 0 Å². The molecule has 0 aromatic heterocycles. The van der Waals surface area contributed by atoms with Crippen molar-refractivity contribution in [1.29, 1.82) is 0 Å². The SMILES string of the molecule is CNC(C1CCS(=O)(=O)CC1)C1CCN(C)C1. The molecule has 2 rings (SSSR count). The van der Waals surface area contributed by atoms with E-state index in [1.165, 1.54) is 13.0 Å². The average molecular weight is 260 g/mol. The van der Waals surface area contributed by atoms with Crippen LogP contribution < -0.4 is 5.32 Å². The Morgan fingerprint density at radius 2 is 1.82 bits per heavy atom. The van der Waals surface area contributed by atoms with Gasteiger partial charge < -0.3 is 10.2 Å². The predicted octanol–water partition coefficient (Wildman–Crippen LogP) is 0.351. The van der Waals surface area contributed by atoms with Gasteiger partial charge in [0.2, 0.25) is 0 Å². The Hall–Kier alpha value is -0.130. The Labute approximate surface area is 105 Å². The summed E-state index contributed by atoms with van der Waals surface area (Å²) in [5, 5.41) is 3.44. The zero-order valence-corrected chi connectivity index (χ0v) is 11.7. The van der Waals surface area contributed by atoms with Crippen molar-refractivity contribution in [3.8, 4) is 0 Å². The molecule has 2 unspecified atom stereocenters. The molecule has 0 aliphatic carbocycles. The maximum atomic E-state index is 11.5. The maximum absolute atomic E-state index is 11.5. The lowest BCUT2D eigenvalue weighted by Crippen LogP contribution is -2.44. The largest absolute Gasteiger partial charge is 0.316 e. The summed E-state index contributed by atoms with van der Waals surface area (Å²) in [6, 6.07) is 0.496. The number of likely N-dealkylation sites (tertiary alicyclic amines) is 1. The molecule has 2 atom stereocenters. The van der Waals surface area contributed by atoms with Gasteiger partial charge in [-0.15, -0.1) is 0 Å². The molecule has 2 saturated heterocycles. The normalized spacial score (nSPS) is 32.7. The first-order chi connectivity index (χ1) is 8.02. The summed E-state index contributed by atoms with van der Waals surface area (Å²) in [7, 11) is 1.45. The van der Waals surface area contributed by atoms with Gasteiger partial charge in [0.15, 0.2) is 0 Å². The molecule has 2 fully saturated rings. The van der Waals surface area contributed by atoms with Crippen LogP contribution in [0.3, 0.4) is 0 Å². The molecule has 1 N–H and O–H groups in total. The number of nitrogens with one attached hydrogen (secondary N) is 1. The third-order valence-electron chi connectivity index (χ3n) is 4.38. The van der Waals surface area contributed by atoms with Gasteiger partial charge in [-0.3, -0.25) is 0 Å². The molecule has 0 radical (unpaired) electrons. The average Bonchev–Trinajstić information content (AvgIpc) is 2.68. The minimum Gasteiger partial charge on any atom is -0.316 e. The predicted molar refractivity (Wildman–Crippen MR) is 69.8 cm³/mol. The zero-order chi connectivity index (χ0) is 12.5. The van der Waals surface area contributed by atoms with Crippen LogP contribution in [-0.2, 0) is 9.84 Å². The third-order valence-corrected chi connectivity index (χ3v) is 6.09. The van der Waals surface area contributed by atoms with E-state index in [0.29, 0.717) is 29.4 Å². The minimum absolute atomic E-state index is 0.387. The molecule has 0 bridgehead atoms. The lowest BCUT2D eigenvalue weighted by Gasteiger charge is -2.34. The van der Waals surface area contributed by atoms with Crippen molar-refractivity contribution in [3.05, 3.63) is 0 Å². The van der Waals surface area contributed by atoms with E-state index in [-0.39, 0.29) is 0 Å². The van der Waals surface area contributed by atoms with E-state index in [2.05, 4.69) is 17.3 Å². The van der Waals surface area contributed by atoms with Gasteiger partial charge in [-0.2, -0.15) is 0 Å². The van der Waals surface area contributed by atoms with Gasteiger partial charge in [0.05, 0.1) is 11.5 Å². The second-order valence-electron chi connectivity index (χ2n) is 5.61. The second-order valence-corrected chi connectivity index (χ2v) is 7.92. The first-order valence-corrected chi connectivity index (χ1v) is 8.40. The fraction of sp³-hybridized carbons (Fsp3) is 1.00. The first kappa shape index (κ1) is 13.3. The molecule has 0 amide bonds. The van der Waals surface area contributed by atoms with Crippen LogP contribution in [0.2, 0.25) is 0 Å². The standard InChI is InChI=1S/C12H24N2O2S/c1-13-12(11-3-6-14(2)9-11)10-4-7-17(15,16)8-5-10/h10-13H,3-9H2,1-2H3. The van der Waals surface area contributed by atoms with Crippen LogP contribution in [-0.4, -0.2) is 58.1 Å². The molecule has 0 aromatic rings. The Bertz CT molecular complexity index is 342. The molecular weight excluding hydrogens is 236 g/mol. The Morgan fingerprint density at radius 1 is 1.18 bits per heavy atom. The monoisotopic (exact) mass is 260 g/mol. The van der Waals surface area contributed by atoms with Crippen LogP contribution in [0, 0.1) is 11.8 Å². The first-order valence-electron chi connectivity index (χ1n) is 6.58. The van der Waals surface area contributed by atoms with Crippen molar-refractivity contribution in [2.45, 2.75) is 25.3 Å². The highest BCUT2D eigenvalue weighted by atomic mass is 32.2. The van der Waals surface area contributed by atoms with E-state index in [1.807, 2.05) is 7.05 Å². The highest BCUT2D eigenvalue weighted by Gasteiger charge is 2.35.